The van der Waals surface area contributed by atoms with Gasteiger partial charge in [0, 0.05) is 23.5 Å². The molecule has 24 heavy (non-hydrogen) atoms. The highest BCUT2D eigenvalue weighted by molar-refractivity contribution is 6.35. The van der Waals surface area contributed by atoms with Gasteiger partial charge in [-0.3, -0.25) is 0 Å². The first kappa shape index (κ1) is 14.6. The minimum Gasteiger partial charge on any atom is -0.480 e. The molecular weight excluding hydrogens is 326 g/mol. The van der Waals surface area contributed by atoms with Crippen LogP contribution in [0.1, 0.15) is 0 Å². The van der Waals surface area contributed by atoms with Crippen molar-refractivity contribution in [2.24, 2.45) is 0 Å². The maximum Gasteiger partial charge on any atom is 0.233 e. The fraction of sp³-hybridized carbons (Fsp3) is 0.0588. The molecule has 4 aromatic rings. The van der Waals surface area contributed by atoms with E-state index in [1.165, 1.54) is 6.33 Å². The van der Waals surface area contributed by atoms with Gasteiger partial charge in [0.2, 0.25) is 5.88 Å². The summed E-state index contributed by atoms with van der Waals surface area (Å²) in [6, 6.07) is 13.5. The second-order valence-electron chi connectivity index (χ2n) is 5.07. The van der Waals surface area contributed by atoms with Crippen LogP contribution in [0.2, 0.25) is 5.15 Å². The Kier molecular flexibility index (Phi) is 3.59. The van der Waals surface area contributed by atoms with E-state index in [1.54, 1.807) is 13.2 Å². The summed E-state index contributed by atoms with van der Waals surface area (Å²) in [6.45, 7) is 0. The lowest BCUT2D eigenvalue weighted by Crippen LogP contribution is -1.93. The van der Waals surface area contributed by atoms with E-state index in [-0.39, 0.29) is 0 Å². The molecule has 1 aromatic carbocycles. The molecule has 6 nitrogen and oxygen atoms in total. The number of hydrogen-bond donors (Lipinski definition) is 0. The molecule has 0 saturated heterocycles. The Morgan fingerprint density at radius 3 is 2.54 bits per heavy atom. The number of aromatic nitrogens is 5. The summed E-state index contributed by atoms with van der Waals surface area (Å²) < 4.78 is 7.02. The minimum atomic E-state index is 0.377. The van der Waals surface area contributed by atoms with Crippen molar-refractivity contribution < 1.29 is 4.74 Å². The van der Waals surface area contributed by atoms with Gasteiger partial charge in [0.15, 0.2) is 0 Å². The number of fused-ring (bicyclic) bond motifs is 1. The number of nitrogens with zero attached hydrogens (tertiary/aromatic N) is 5. The van der Waals surface area contributed by atoms with Crippen LogP contribution in [0.25, 0.3) is 28.0 Å². The van der Waals surface area contributed by atoms with Crippen LogP contribution in [-0.2, 0) is 0 Å². The fourth-order valence-corrected chi connectivity index (χ4v) is 2.81. The zero-order chi connectivity index (χ0) is 16.5. The Hall–Kier alpha value is -2.99. The SMILES string of the molecule is COc1ccc(-c2cn(-c3ccccc3)c3ncnc(Cl)c23)nn1. The van der Waals surface area contributed by atoms with E-state index >= 15 is 0 Å². The average molecular weight is 338 g/mol. The molecule has 0 fully saturated rings. The van der Waals surface area contributed by atoms with Gasteiger partial charge in [-0.1, -0.05) is 29.8 Å². The summed E-state index contributed by atoms with van der Waals surface area (Å²) in [5.41, 5.74) is 3.18. The summed E-state index contributed by atoms with van der Waals surface area (Å²) in [5, 5.41) is 9.36. The summed E-state index contributed by atoms with van der Waals surface area (Å²) in [7, 11) is 1.55. The van der Waals surface area contributed by atoms with Gasteiger partial charge in [-0.05, 0) is 18.2 Å². The number of ether oxygens (including phenoxy) is 1. The molecule has 0 aliphatic heterocycles. The molecule has 118 valence electrons. The average Bonchev–Trinajstić information content (AvgIpc) is 3.04. The van der Waals surface area contributed by atoms with E-state index in [0.717, 1.165) is 16.6 Å². The number of benzene rings is 1. The molecule has 0 saturated carbocycles. The van der Waals surface area contributed by atoms with E-state index < -0.39 is 0 Å². The van der Waals surface area contributed by atoms with Crippen LogP contribution in [-0.4, -0.2) is 31.8 Å². The summed E-state index contributed by atoms with van der Waals surface area (Å²) in [5.74, 6) is 0.452. The molecule has 0 spiro atoms. The second-order valence-corrected chi connectivity index (χ2v) is 5.43. The van der Waals surface area contributed by atoms with Gasteiger partial charge in [0.25, 0.3) is 0 Å². The standard InChI is InChI=1S/C17H12ClN5O/c1-24-14-8-7-13(21-22-14)12-9-23(11-5-3-2-4-6-11)17-15(12)16(18)19-10-20-17/h2-10H,1H3. The van der Waals surface area contributed by atoms with Crippen molar-refractivity contribution >= 4 is 22.6 Å². The molecule has 3 heterocycles. The molecule has 0 aliphatic rings. The van der Waals surface area contributed by atoms with Crippen LogP contribution in [0.15, 0.2) is 55.0 Å². The maximum absolute atomic E-state index is 6.33. The minimum absolute atomic E-state index is 0.377. The highest BCUT2D eigenvalue weighted by Crippen LogP contribution is 2.34. The quantitative estimate of drug-likeness (QED) is 0.535. The molecule has 0 bridgehead atoms. The lowest BCUT2D eigenvalue weighted by Gasteiger charge is -2.03. The Morgan fingerprint density at radius 1 is 1.00 bits per heavy atom. The van der Waals surface area contributed by atoms with Gasteiger partial charge < -0.3 is 9.30 Å². The molecular formula is C17H12ClN5O. The first-order valence-corrected chi connectivity index (χ1v) is 7.61. The largest absolute Gasteiger partial charge is 0.480 e. The van der Waals surface area contributed by atoms with Crippen molar-refractivity contribution in [2.45, 2.75) is 0 Å². The summed E-state index contributed by atoms with van der Waals surface area (Å²) in [4.78, 5) is 8.50. The highest BCUT2D eigenvalue weighted by Gasteiger charge is 2.17. The first-order valence-electron chi connectivity index (χ1n) is 7.23. The Bertz CT molecular complexity index is 999. The molecule has 0 aliphatic carbocycles. The molecule has 0 radical (unpaired) electrons. The predicted molar refractivity (Wildman–Crippen MR) is 91.5 cm³/mol. The molecule has 0 unspecified atom stereocenters. The first-order chi connectivity index (χ1) is 11.8. The van der Waals surface area contributed by atoms with Crippen LogP contribution >= 0.6 is 11.6 Å². The number of halogens is 1. The Labute approximate surface area is 142 Å². The Balaban J connectivity index is 1.98. The van der Waals surface area contributed by atoms with Crippen LogP contribution in [0.5, 0.6) is 5.88 Å². The van der Waals surface area contributed by atoms with Gasteiger partial charge in [0.05, 0.1) is 18.2 Å². The third kappa shape index (κ3) is 2.37. The second kappa shape index (κ2) is 5.90. The lowest BCUT2D eigenvalue weighted by atomic mass is 10.2. The van der Waals surface area contributed by atoms with Crippen molar-refractivity contribution in [3.63, 3.8) is 0 Å². The maximum atomic E-state index is 6.33. The zero-order valence-electron chi connectivity index (χ0n) is 12.7. The topological polar surface area (TPSA) is 65.7 Å². The molecule has 0 N–H and O–H groups in total. The van der Waals surface area contributed by atoms with Crippen LogP contribution in [0.3, 0.4) is 0 Å². The van der Waals surface area contributed by atoms with Crippen molar-refractivity contribution in [1.29, 1.82) is 0 Å². The van der Waals surface area contributed by atoms with Gasteiger partial charge in [-0.15, -0.1) is 10.2 Å². The molecule has 0 amide bonds. The number of rotatable bonds is 3. The molecule has 3 aromatic heterocycles. The molecule has 7 heteroatoms. The number of para-hydroxylation sites is 1. The highest BCUT2D eigenvalue weighted by atomic mass is 35.5. The third-order valence-electron chi connectivity index (χ3n) is 3.70. The summed E-state index contributed by atoms with van der Waals surface area (Å²) >= 11 is 6.33. The fourth-order valence-electron chi connectivity index (χ4n) is 2.58. The normalized spacial score (nSPS) is 10.9. The predicted octanol–water partition coefficient (Wildman–Crippen LogP) is 3.54. The van der Waals surface area contributed by atoms with Crippen molar-refractivity contribution in [3.05, 3.63) is 60.1 Å². The number of hydrogen-bond acceptors (Lipinski definition) is 5. The van der Waals surface area contributed by atoms with E-state index in [0.29, 0.717) is 22.4 Å². The van der Waals surface area contributed by atoms with Gasteiger partial charge in [-0.2, -0.15) is 0 Å². The van der Waals surface area contributed by atoms with Crippen molar-refractivity contribution in [1.82, 2.24) is 24.7 Å². The van der Waals surface area contributed by atoms with Gasteiger partial charge in [0.1, 0.15) is 17.1 Å². The number of methoxy groups -OCH3 is 1. The smallest absolute Gasteiger partial charge is 0.233 e. The lowest BCUT2D eigenvalue weighted by molar-refractivity contribution is 0.392. The van der Waals surface area contributed by atoms with Crippen LogP contribution < -0.4 is 4.74 Å². The van der Waals surface area contributed by atoms with Gasteiger partial charge in [-0.25, -0.2) is 9.97 Å². The summed E-state index contributed by atoms with van der Waals surface area (Å²) in [6.07, 6.45) is 3.39. The van der Waals surface area contributed by atoms with Crippen LogP contribution in [0, 0.1) is 0 Å². The van der Waals surface area contributed by atoms with E-state index in [1.807, 2.05) is 47.2 Å². The molecule has 4 rings (SSSR count). The third-order valence-corrected chi connectivity index (χ3v) is 3.98. The van der Waals surface area contributed by atoms with E-state index in [9.17, 15) is 0 Å². The van der Waals surface area contributed by atoms with Crippen molar-refractivity contribution in [2.75, 3.05) is 7.11 Å². The monoisotopic (exact) mass is 337 g/mol. The molecule has 0 atom stereocenters. The Morgan fingerprint density at radius 2 is 1.83 bits per heavy atom. The van der Waals surface area contributed by atoms with Crippen LogP contribution in [0.4, 0.5) is 0 Å². The van der Waals surface area contributed by atoms with E-state index in [2.05, 4.69) is 20.2 Å². The van der Waals surface area contributed by atoms with E-state index in [4.69, 9.17) is 16.3 Å². The van der Waals surface area contributed by atoms with Gasteiger partial charge >= 0.3 is 0 Å². The zero-order valence-corrected chi connectivity index (χ0v) is 13.5. The van der Waals surface area contributed by atoms with Crippen molar-refractivity contribution in [3.8, 4) is 22.8 Å².